The SMILES string of the molecule is CC(C)(C)OCC(N)C(=O)NC(CCc1ccccc1)C(=O)NCc1ccc(/C(N)=N/O)cc1. The summed E-state index contributed by atoms with van der Waals surface area (Å²) < 4.78 is 5.60. The third-order valence-electron chi connectivity index (χ3n) is 5.05. The minimum absolute atomic E-state index is 0.00560. The molecule has 0 aromatic heterocycles. The predicted molar refractivity (Wildman–Crippen MR) is 131 cm³/mol. The lowest BCUT2D eigenvalue weighted by molar-refractivity contribution is -0.131. The van der Waals surface area contributed by atoms with Crippen LogP contribution in [0.25, 0.3) is 0 Å². The van der Waals surface area contributed by atoms with Crippen molar-refractivity contribution in [1.29, 1.82) is 0 Å². The monoisotopic (exact) mass is 469 g/mol. The third-order valence-corrected chi connectivity index (χ3v) is 5.05. The number of hydrogen-bond acceptors (Lipinski definition) is 6. The molecule has 0 radical (unpaired) electrons. The summed E-state index contributed by atoms with van der Waals surface area (Å²) in [5.41, 5.74) is 13.6. The summed E-state index contributed by atoms with van der Waals surface area (Å²) in [6, 6.07) is 15.0. The van der Waals surface area contributed by atoms with Crippen molar-refractivity contribution in [2.24, 2.45) is 16.6 Å². The van der Waals surface area contributed by atoms with Crippen molar-refractivity contribution >= 4 is 17.6 Å². The highest BCUT2D eigenvalue weighted by molar-refractivity contribution is 5.97. The lowest BCUT2D eigenvalue weighted by Gasteiger charge is -2.24. The fourth-order valence-corrected chi connectivity index (χ4v) is 3.08. The number of aryl methyl sites for hydroxylation is 1. The van der Waals surface area contributed by atoms with Crippen molar-refractivity contribution in [2.45, 2.75) is 57.8 Å². The smallest absolute Gasteiger partial charge is 0.242 e. The number of carbonyl (C=O) groups excluding carboxylic acids is 2. The van der Waals surface area contributed by atoms with E-state index in [2.05, 4.69) is 15.8 Å². The Balaban J connectivity index is 2.02. The molecular formula is C25H35N5O4. The second-order valence-corrected chi connectivity index (χ2v) is 9.02. The fourth-order valence-electron chi connectivity index (χ4n) is 3.08. The minimum Gasteiger partial charge on any atom is -0.409 e. The van der Waals surface area contributed by atoms with Gasteiger partial charge in [-0.25, -0.2) is 0 Å². The van der Waals surface area contributed by atoms with Crippen LogP contribution in [0.15, 0.2) is 59.8 Å². The molecular weight excluding hydrogens is 434 g/mol. The first-order valence-corrected chi connectivity index (χ1v) is 11.2. The van der Waals surface area contributed by atoms with Crippen LogP contribution in [0, 0.1) is 0 Å². The molecule has 0 heterocycles. The number of carbonyl (C=O) groups is 2. The average Bonchev–Trinajstić information content (AvgIpc) is 2.83. The van der Waals surface area contributed by atoms with Crippen molar-refractivity contribution < 1.29 is 19.5 Å². The van der Waals surface area contributed by atoms with Crippen molar-refractivity contribution in [2.75, 3.05) is 6.61 Å². The Bertz CT molecular complexity index is 956. The highest BCUT2D eigenvalue weighted by Crippen LogP contribution is 2.09. The molecule has 2 aromatic carbocycles. The Morgan fingerprint density at radius 3 is 2.26 bits per heavy atom. The maximum atomic E-state index is 13.0. The standard InChI is InChI=1S/C25H35N5O4/c1-25(2,3)34-16-20(26)23(31)29-21(14-11-17-7-5-4-6-8-17)24(32)28-15-18-9-12-19(13-10-18)22(27)30-33/h4-10,12-13,20-21,33H,11,14-16,26H2,1-3H3,(H2,27,30)(H,28,32)(H,29,31). The van der Waals surface area contributed by atoms with Crippen molar-refractivity contribution in [3.8, 4) is 0 Å². The maximum absolute atomic E-state index is 13.0. The van der Waals surface area contributed by atoms with Crippen molar-refractivity contribution in [3.05, 3.63) is 71.3 Å². The van der Waals surface area contributed by atoms with Gasteiger partial charge in [-0.15, -0.1) is 0 Å². The molecule has 9 nitrogen and oxygen atoms in total. The molecule has 0 aliphatic carbocycles. The van der Waals surface area contributed by atoms with E-state index in [1.165, 1.54) is 0 Å². The molecule has 0 saturated heterocycles. The van der Waals surface area contributed by atoms with Crippen LogP contribution in [0.1, 0.15) is 43.9 Å². The van der Waals surface area contributed by atoms with Gasteiger partial charge in [0.05, 0.1) is 12.2 Å². The number of benzene rings is 2. The van der Waals surface area contributed by atoms with Gasteiger partial charge in [-0.05, 0) is 44.7 Å². The molecule has 0 spiro atoms. The summed E-state index contributed by atoms with van der Waals surface area (Å²) >= 11 is 0. The summed E-state index contributed by atoms with van der Waals surface area (Å²) in [5.74, 6) is -0.750. The molecule has 7 N–H and O–H groups in total. The first-order chi connectivity index (χ1) is 16.1. The fraction of sp³-hybridized carbons (Fsp3) is 0.400. The molecule has 2 atom stereocenters. The van der Waals surface area contributed by atoms with Gasteiger partial charge < -0.3 is 32.0 Å². The summed E-state index contributed by atoms with van der Waals surface area (Å²) in [7, 11) is 0. The Morgan fingerprint density at radius 1 is 1.03 bits per heavy atom. The zero-order chi connectivity index (χ0) is 25.1. The van der Waals surface area contributed by atoms with E-state index in [1.807, 2.05) is 51.1 Å². The molecule has 0 bridgehead atoms. The van der Waals surface area contributed by atoms with E-state index in [0.717, 1.165) is 11.1 Å². The maximum Gasteiger partial charge on any atom is 0.242 e. The van der Waals surface area contributed by atoms with Crippen LogP contribution in [0.4, 0.5) is 0 Å². The molecule has 0 aliphatic heterocycles. The summed E-state index contributed by atoms with van der Waals surface area (Å²) in [6.45, 7) is 5.95. The molecule has 2 amide bonds. The van der Waals surface area contributed by atoms with E-state index in [1.54, 1.807) is 24.3 Å². The van der Waals surface area contributed by atoms with Crippen LogP contribution in [-0.4, -0.2) is 47.1 Å². The Hall–Kier alpha value is -3.43. The van der Waals surface area contributed by atoms with E-state index >= 15 is 0 Å². The number of rotatable bonds is 11. The largest absolute Gasteiger partial charge is 0.409 e. The number of amides is 2. The highest BCUT2D eigenvalue weighted by atomic mass is 16.5. The molecule has 2 rings (SSSR count). The zero-order valence-corrected chi connectivity index (χ0v) is 20.0. The van der Waals surface area contributed by atoms with Crippen molar-refractivity contribution in [3.63, 3.8) is 0 Å². The third kappa shape index (κ3) is 9.21. The van der Waals surface area contributed by atoms with E-state index < -0.39 is 23.6 Å². The van der Waals surface area contributed by atoms with Gasteiger partial charge >= 0.3 is 0 Å². The first-order valence-electron chi connectivity index (χ1n) is 11.2. The van der Waals surface area contributed by atoms with Gasteiger partial charge in [-0.1, -0.05) is 59.8 Å². The quantitative estimate of drug-likeness (QED) is 0.146. The van der Waals surface area contributed by atoms with Crippen LogP contribution in [0.3, 0.4) is 0 Å². The lowest BCUT2D eigenvalue weighted by atomic mass is 10.0. The summed E-state index contributed by atoms with van der Waals surface area (Å²) in [4.78, 5) is 25.6. The van der Waals surface area contributed by atoms with E-state index in [4.69, 9.17) is 21.4 Å². The second-order valence-electron chi connectivity index (χ2n) is 9.02. The number of ether oxygens (including phenoxy) is 1. The van der Waals surface area contributed by atoms with E-state index in [-0.39, 0.29) is 24.9 Å². The average molecular weight is 470 g/mol. The molecule has 9 heteroatoms. The van der Waals surface area contributed by atoms with E-state index in [9.17, 15) is 9.59 Å². The molecule has 2 unspecified atom stereocenters. The molecule has 0 aliphatic rings. The number of hydrogen-bond donors (Lipinski definition) is 5. The topological polar surface area (TPSA) is 152 Å². The number of nitrogens with one attached hydrogen (secondary N) is 2. The van der Waals surface area contributed by atoms with Gasteiger partial charge in [-0.2, -0.15) is 0 Å². The molecule has 34 heavy (non-hydrogen) atoms. The van der Waals surface area contributed by atoms with E-state index in [0.29, 0.717) is 18.4 Å². The summed E-state index contributed by atoms with van der Waals surface area (Å²) in [5, 5.41) is 17.4. The molecule has 184 valence electrons. The van der Waals surface area contributed by atoms with Crippen molar-refractivity contribution in [1.82, 2.24) is 10.6 Å². The van der Waals surface area contributed by atoms with Gasteiger partial charge in [0.15, 0.2) is 5.84 Å². The zero-order valence-electron chi connectivity index (χ0n) is 20.0. The van der Waals surface area contributed by atoms with Crippen LogP contribution in [0.5, 0.6) is 0 Å². The highest BCUT2D eigenvalue weighted by Gasteiger charge is 2.25. The van der Waals surface area contributed by atoms with Crippen LogP contribution < -0.4 is 22.1 Å². The van der Waals surface area contributed by atoms with Gasteiger partial charge in [0.25, 0.3) is 0 Å². The van der Waals surface area contributed by atoms with Gasteiger partial charge in [0.1, 0.15) is 12.1 Å². The minimum atomic E-state index is -0.891. The predicted octanol–water partition coefficient (Wildman–Crippen LogP) is 1.66. The van der Waals surface area contributed by atoms with Crippen LogP contribution in [0.2, 0.25) is 0 Å². The van der Waals surface area contributed by atoms with Crippen LogP contribution >= 0.6 is 0 Å². The normalized spacial score (nSPS) is 13.7. The molecule has 0 saturated carbocycles. The number of amidine groups is 1. The first kappa shape index (κ1) is 26.8. The van der Waals surface area contributed by atoms with Gasteiger partial charge in [0, 0.05) is 12.1 Å². The number of nitrogens with two attached hydrogens (primary N) is 2. The number of oxime groups is 1. The van der Waals surface area contributed by atoms with Gasteiger partial charge in [0.2, 0.25) is 11.8 Å². The molecule has 0 fully saturated rings. The second kappa shape index (κ2) is 12.7. The Morgan fingerprint density at radius 2 is 1.68 bits per heavy atom. The van der Waals surface area contributed by atoms with Gasteiger partial charge in [-0.3, -0.25) is 9.59 Å². The Kier molecular flexibility index (Phi) is 10.0. The van der Waals surface area contributed by atoms with Crippen LogP contribution in [-0.2, 0) is 27.3 Å². The number of nitrogens with zero attached hydrogens (tertiary/aromatic N) is 1. The Labute approximate surface area is 200 Å². The summed E-state index contributed by atoms with van der Waals surface area (Å²) in [6.07, 6.45) is 1.03. The lowest BCUT2D eigenvalue weighted by Crippen LogP contribution is -2.53. The molecule has 2 aromatic rings.